The molecule has 0 aliphatic heterocycles. The van der Waals surface area contributed by atoms with E-state index in [9.17, 15) is 27.6 Å². The SMILES string of the molecule is CC(=O)OCc1c(F)c(N)c2c(=O)cc(-c3ccc(NC(=O)CCBr)c(F)c3)oc2c1F. The van der Waals surface area contributed by atoms with Gasteiger partial charge in [-0.15, -0.1) is 0 Å². The molecule has 0 aliphatic rings. The van der Waals surface area contributed by atoms with E-state index in [-0.39, 0.29) is 23.4 Å². The highest BCUT2D eigenvalue weighted by Crippen LogP contribution is 2.32. The standard InChI is InChI=1S/C21H16BrF3N2O5/c1-9(28)31-8-11-18(24)20(26)17-14(29)7-15(32-21(17)19(11)25)10-2-3-13(12(23)6-10)27-16(30)4-5-22/h2-3,6-7H,4-5,8,26H2,1H3,(H,27,30). The average molecular weight is 513 g/mol. The maximum Gasteiger partial charge on any atom is 0.302 e. The van der Waals surface area contributed by atoms with E-state index in [1.54, 1.807) is 0 Å². The van der Waals surface area contributed by atoms with Crippen LogP contribution in [0.4, 0.5) is 24.5 Å². The summed E-state index contributed by atoms with van der Waals surface area (Å²) in [5.74, 6) is -4.75. The summed E-state index contributed by atoms with van der Waals surface area (Å²) >= 11 is 3.10. The van der Waals surface area contributed by atoms with Gasteiger partial charge in [0.2, 0.25) is 5.91 Å². The summed E-state index contributed by atoms with van der Waals surface area (Å²) in [5.41, 5.74) is 2.74. The third-order valence-electron chi connectivity index (χ3n) is 4.45. The number of anilines is 2. The van der Waals surface area contributed by atoms with Gasteiger partial charge in [0.1, 0.15) is 18.2 Å². The Balaban J connectivity index is 2.11. The summed E-state index contributed by atoms with van der Waals surface area (Å²) in [5, 5.41) is 2.25. The molecule has 7 nitrogen and oxygen atoms in total. The lowest BCUT2D eigenvalue weighted by molar-refractivity contribution is -0.142. The number of esters is 1. The Morgan fingerprint density at radius 2 is 1.91 bits per heavy atom. The molecular formula is C21H16BrF3N2O5. The van der Waals surface area contributed by atoms with E-state index in [0.29, 0.717) is 5.33 Å². The molecule has 0 spiro atoms. The Morgan fingerprint density at radius 1 is 1.19 bits per heavy atom. The Labute approximate surface area is 187 Å². The van der Waals surface area contributed by atoms with Crippen molar-refractivity contribution in [3.63, 3.8) is 0 Å². The number of benzene rings is 2. The minimum atomic E-state index is -1.27. The summed E-state index contributed by atoms with van der Waals surface area (Å²) in [6.07, 6.45) is 0.133. The van der Waals surface area contributed by atoms with Crippen LogP contribution < -0.4 is 16.5 Å². The van der Waals surface area contributed by atoms with Gasteiger partial charge in [-0.3, -0.25) is 14.4 Å². The van der Waals surface area contributed by atoms with Crippen LogP contribution in [-0.2, 0) is 20.9 Å². The van der Waals surface area contributed by atoms with Crippen molar-refractivity contribution < 1.29 is 31.9 Å². The van der Waals surface area contributed by atoms with Crippen molar-refractivity contribution in [1.82, 2.24) is 0 Å². The predicted molar refractivity (Wildman–Crippen MR) is 115 cm³/mol. The highest BCUT2D eigenvalue weighted by Gasteiger charge is 2.24. The minimum absolute atomic E-state index is 0.0591. The molecule has 0 saturated heterocycles. The molecule has 0 atom stereocenters. The van der Waals surface area contributed by atoms with Crippen LogP contribution in [0.25, 0.3) is 22.3 Å². The van der Waals surface area contributed by atoms with Gasteiger partial charge in [-0.05, 0) is 18.2 Å². The molecule has 0 radical (unpaired) electrons. The van der Waals surface area contributed by atoms with Crippen molar-refractivity contribution in [3.8, 4) is 11.3 Å². The first-order valence-electron chi connectivity index (χ1n) is 9.16. The van der Waals surface area contributed by atoms with Crippen LogP contribution >= 0.6 is 15.9 Å². The molecular weight excluding hydrogens is 497 g/mol. The number of ether oxygens (including phenoxy) is 1. The van der Waals surface area contributed by atoms with Crippen molar-refractivity contribution in [2.24, 2.45) is 0 Å². The van der Waals surface area contributed by atoms with E-state index in [1.807, 2.05) is 0 Å². The van der Waals surface area contributed by atoms with Gasteiger partial charge in [0.15, 0.2) is 22.6 Å². The molecule has 1 aromatic heterocycles. The van der Waals surface area contributed by atoms with Gasteiger partial charge in [0.05, 0.1) is 22.3 Å². The van der Waals surface area contributed by atoms with E-state index in [1.165, 1.54) is 12.1 Å². The van der Waals surface area contributed by atoms with Gasteiger partial charge in [-0.2, -0.15) is 0 Å². The molecule has 0 aliphatic carbocycles. The lowest BCUT2D eigenvalue weighted by Gasteiger charge is -2.12. The third kappa shape index (κ3) is 4.62. The van der Waals surface area contributed by atoms with Crippen LogP contribution in [0.2, 0.25) is 0 Å². The number of halogens is 4. The van der Waals surface area contributed by atoms with E-state index in [4.69, 9.17) is 10.2 Å². The second-order valence-corrected chi connectivity index (χ2v) is 7.45. The molecule has 2 aromatic carbocycles. The molecule has 168 valence electrons. The zero-order valence-corrected chi connectivity index (χ0v) is 18.1. The maximum atomic E-state index is 15.0. The first-order valence-corrected chi connectivity index (χ1v) is 10.3. The van der Waals surface area contributed by atoms with Crippen LogP contribution in [0.5, 0.6) is 0 Å². The van der Waals surface area contributed by atoms with Crippen LogP contribution in [0, 0.1) is 17.5 Å². The molecule has 3 N–H and O–H groups in total. The van der Waals surface area contributed by atoms with E-state index in [0.717, 1.165) is 19.1 Å². The van der Waals surface area contributed by atoms with Gasteiger partial charge < -0.3 is 20.2 Å². The molecule has 0 fully saturated rings. The molecule has 0 saturated carbocycles. The summed E-state index contributed by atoms with van der Waals surface area (Å²) in [4.78, 5) is 35.2. The second kappa shape index (κ2) is 9.43. The number of fused-ring (bicyclic) bond motifs is 1. The van der Waals surface area contributed by atoms with Crippen LogP contribution in [0.1, 0.15) is 18.9 Å². The van der Waals surface area contributed by atoms with Crippen LogP contribution in [0.3, 0.4) is 0 Å². The normalized spacial score (nSPS) is 10.9. The van der Waals surface area contributed by atoms with Crippen molar-refractivity contribution in [2.45, 2.75) is 20.0 Å². The summed E-state index contributed by atoms with van der Waals surface area (Å²) in [7, 11) is 0. The highest BCUT2D eigenvalue weighted by atomic mass is 79.9. The third-order valence-corrected chi connectivity index (χ3v) is 4.85. The molecule has 3 rings (SSSR count). The van der Waals surface area contributed by atoms with Crippen molar-refractivity contribution >= 4 is 50.2 Å². The number of alkyl halides is 1. The molecule has 1 heterocycles. The van der Waals surface area contributed by atoms with Gasteiger partial charge in [0, 0.05) is 30.3 Å². The van der Waals surface area contributed by atoms with Crippen molar-refractivity contribution in [3.05, 3.63) is 57.5 Å². The largest absolute Gasteiger partial charge is 0.461 e. The van der Waals surface area contributed by atoms with Crippen molar-refractivity contribution in [1.29, 1.82) is 0 Å². The number of carbonyl (C=O) groups excluding carboxylic acids is 2. The van der Waals surface area contributed by atoms with Gasteiger partial charge in [-0.25, -0.2) is 13.2 Å². The molecule has 3 aromatic rings. The second-order valence-electron chi connectivity index (χ2n) is 6.66. The lowest BCUT2D eigenvalue weighted by atomic mass is 10.1. The summed E-state index contributed by atoms with van der Waals surface area (Å²) in [6.45, 7) is 0.289. The Morgan fingerprint density at radius 3 is 2.53 bits per heavy atom. The first-order chi connectivity index (χ1) is 15.1. The van der Waals surface area contributed by atoms with E-state index in [2.05, 4.69) is 26.0 Å². The van der Waals surface area contributed by atoms with Gasteiger partial charge in [0.25, 0.3) is 0 Å². The van der Waals surface area contributed by atoms with E-state index >= 15 is 0 Å². The number of amides is 1. The fraction of sp³-hybridized carbons (Fsp3) is 0.190. The lowest BCUT2D eigenvalue weighted by Crippen LogP contribution is -2.13. The molecule has 1 amide bonds. The average Bonchev–Trinajstić information content (AvgIpc) is 2.73. The molecule has 0 unspecified atom stereocenters. The van der Waals surface area contributed by atoms with Crippen LogP contribution in [-0.4, -0.2) is 17.2 Å². The number of hydrogen-bond acceptors (Lipinski definition) is 6. The molecule has 32 heavy (non-hydrogen) atoms. The Bertz CT molecular complexity index is 1290. The maximum absolute atomic E-state index is 15.0. The number of rotatable bonds is 6. The highest BCUT2D eigenvalue weighted by molar-refractivity contribution is 9.09. The molecule has 11 heteroatoms. The number of nitrogen functional groups attached to an aromatic ring is 1. The quantitative estimate of drug-likeness (QED) is 0.290. The van der Waals surface area contributed by atoms with Gasteiger partial charge >= 0.3 is 5.97 Å². The first kappa shape index (κ1) is 23.3. The fourth-order valence-electron chi connectivity index (χ4n) is 2.92. The number of nitrogens with one attached hydrogen (secondary N) is 1. The topological polar surface area (TPSA) is 112 Å². The van der Waals surface area contributed by atoms with Crippen LogP contribution in [0.15, 0.2) is 33.5 Å². The monoisotopic (exact) mass is 512 g/mol. The van der Waals surface area contributed by atoms with Gasteiger partial charge in [-0.1, -0.05) is 15.9 Å². The Kier molecular flexibility index (Phi) is 6.87. The smallest absolute Gasteiger partial charge is 0.302 e. The summed E-state index contributed by atoms with van der Waals surface area (Å²) in [6, 6.07) is 4.50. The summed E-state index contributed by atoms with van der Waals surface area (Å²) < 4.78 is 53.9. The number of carbonyl (C=O) groups is 2. The van der Waals surface area contributed by atoms with E-state index < -0.39 is 63.6 Å². The fourth-order valence-corrected chi connectivity index (χ4v) is 3.28. The number of hydrogen-bond donors (Lipinski definition) is 2. The Hall–Kier alpha value is -3.34. The minimum Gasteiger partial charge on any atom is -0.461 e. The zero-order chi connectivity index (χ0) is 23.6. The zero-order valence-electron chi connectivity index (χ0n) is 16.6. The molecule has 0 bridgehead atoms. The predicted octanol–water partition coefficient (Wildman–Crippen LogP) is 4.25. The van der Waals surface area contributed by atoms with Crippen molar-refractivity contribution in [2.75, 3.05) is 16.4 Å². The number of nitrogens with two attached hydrogens (primary N) is 1.